The van der Waals surface area contributed by atoms with E-state index in [1.165, 1.54) is 13.2 Å². The van der Waals surface area contributed by atoms with Crippen molar-refractivity contribution in [2.75, 3.05) is 17.6 Å². The van der Waals surface area contributed by atoms with Crippen LogP contribution in [0.15, 0.2) is 28.8 Å². The zero-order valence-electron chi connectivity index (χ0n) is 11.1. The normalized spacial score (nSPS) is 11.3. The lowest BCUT2D eigenvalue weighted by Gasteiger charge is -2.11. The largest absolute Gasteiger partial charge is 0.495 e. The van der Waals surface area contributed by atoms with Crippen LogP contribution in [0.2, 0.25) is 0 Å². The molecule has 1 aromatic carbocycles. The average molecular weight is 297 g/mol. The van der Waals surface area contributed by atoms with Gasteiger partial charge in [-0.2, -0.15) is 0 Å². The first-order valence-corrected chi connectivity index (χ1v) is 7.41. The van der Waals surface area contributed by atoms with Gasteiger partial charge in [0.15, 0.2) is 0 Å². The Hall–Kier alpha value is -2.22. The highest BCUT2D eigenvalue weighted by atomic mass is 32.2. The third-order valence-corrected chi connectivity index (χ3v) is 3.71. The molecule has 0 saturated heterocycles. The van der Waals surface area contributed by atoms with Gasteiger partial charge in [-0.05, 0) is 25.1 Å². The summed E-state index contributed by atoms with van der Waals surface area (Å²) in [4.78, 5) is 0. The van der Waals surface area contributed by atoms with Crippen LogP contribution in [-0.4, -0.2) is 20.7 Å². The van der Waals surface area contributed by atoms with E-state index in [1.54, 1.807) is 25.1 Å². The number of methoxy groups -OCH3 is 1. The van der Waals surface area contributed by atoms with E-state index in [2.05, 4.69) is 9.88 Å². The van der Waals surface area contributed by atoms with Crippen LogP contribution in [-0.2, 0) is 15.8 Å². The van der Waals surface area contributed by atoms with E-state index in [0.717, 1.165) is 0 Å². The van der Waals surface area contributed by atoms with Gasteiger partial charge in [0.1, 0.15) is 23.0 Å². The second-order valence-electron chi connectivity index (χ2n) is 4.25. The van der Waals surface area contributed by atoms with Crippen LogP contribution < -0.4 is 15.2 Å². The minimum Gasteiger partial charge on any atom is -0.495 e. The van der Waals surface area contributed by atoms with Gasteiger partial charge in [-0.15, -0.1) is 0 Å². The highest BCUT2D eigenvalue weighted by Crippen LogP contribution is 2.27. The number of hydrogen-bond donors (Lipinski definition) is 2. The van der Waals surface area contributed by atoms with Crippen molar-refractivity contribution < 1.29 is 17.7 Å². The van der Waals surface area contributed by atoms with Crippen LogP contribution in [0.25, 0.3) is 0 Å². The molecule has 108 valence electrons. The lowest BCUT2D eigenvalue weighted by Crippen LogP contribution is -2.16. The summed E-state index contributed by atoms with van der Waals surface area (Å²) in [7, 11) is -2.18. The lowest BCUT2D eigenvalue weighted by molar-refractivity contribution is 0.392. The molecular weight excluding hydrogens is 282 g/mol. The van der Waals surface area contributed by atoms with Crippen molar-refractivity contribution in [2.45, 2.75) is 12.7 Å². The fourth-order valence-corrected chi connectivity index (χ4v) is 2.78. The highest BCUT2D eigenvalue weighted by molar-refractivity contribution is 7.91. The first-order chi connectivity index (χ1) is 9.39. The predicted octanol–water partition coefficient (Wildman–Crippen LogP) is 1.52. The minimum atomic E-state index is -3.63. The maximum Gasteiger partial charge on any atom is 0.238 e. The second-order valence-corrected chi connectivity index (χ2v) is 5.97. The molecule has 2 rings (SSSR count). The van der Waals surface area contributed by atoms with Gasteiger partial charge >= 0.3 is 0 Å². The highest BCUT2D eigenvalue weighted by Gasteiger charge is 2.17. The Morgan fingerprint density at radius 1 is 1.40 bits per heavy atom. The molecule has 0 fully saturated rings. The third-order valence-electron chi connectivity index (χ3n) is 2.50. The number of anilines is 2. The molecule has 0 bridgehead atoms. The number of nitrogen functional groups attached to an aromatic ring is 1. The number of nitrogens with two attached hydrogens (primary N) is 1. The van der Waals surface area contributed by atoms with E-state index in [0.29, 0.717) is 22.9 Å². The van der Waals surface area contributed by atoms with Crippen molar-refractivity contribution in [3.8, 4) is 5.75 Å². The van der Waals surface area contributed by atoms with Crippen molar-refractivity contribution in [3.05, 3.63) is 35.7 Å². The predicted molar refractivity (Wildman–Crippen MR) is 74.9 cm³/mol. The van der Waals surface area contributed by atoms with Gasteiger partial charge in [-0.1, -0.05) is 5.16 Å². The smallest absolute Gasteiger partial charge is 0.238 e. The molecule has 0 atom stereocenters. The number of aryl methyl sites for hydroxylation is 1. The van der Waals surface area contributed by atoms with Crippen LogP contribution in [0.4, 0.5) is 11.4 Å². The van der Waals surface area contributed by atoms with Gasteiger partial charge in [0, 0.05) is 11.8 Å². The van der Waals surface area contributed by atoms with E-state index >= 15 is 0 Å². The standard InChI is InChI=1S/C12H15N3O4S/c1-8-5-10(14-19-8)7-20(16,17)15-11-6-9(13)3-4-12(11)18-2/h3-6,15H,7,13H2,1-2H3. The van der Waals surface area contributed by atoms with Gasteiger partial charge in [0.05, 0.1) is 12.8 Å². The van der Waals surface area contributed by atoms with Gasteiger partial charge in [-0.25, -0.2) is 8.42 Å². The Bertz CT molecular complexity index is 709. The van der Waals surface area contributed by atoms with Gasteiger partial charge in [0.2, 0.25) is 10.0 Å². The quantitative estimate of drug-likeness (QED) is 0.810. The molecular formula is C12H15N3O4S. The molecule has 20 heavy (non-hydrogen) atoms. The SMILES string of the molecule is COc1ccc(N)cc1NS(=O)(=O)Cc1cc(C)on1. The Kier molecular flexibility index (Phi) is 3.84. The molecule has 0 spiro atoms. The average Bonchev–Trinajstić information content (AvgIpc) is 2.73. The summed E-state index contributed by atoms with van der Waals surface area (Å²) in [5, 5.41) is 3.65. The maximum absolute atomic E-state index is 12.1. The molecule has 0 saturated carbocycles. The van der Waals surface area contributed by atoms with Gasteiger partial charge < -0.3 is 15.0 Å². The number of hydrogen-bond acceptors (Lipinski definition) is 6. The molecule has 8 heteroatoms. The number of aromatic nitrogens is 1. The first kappa shape index (κ1) is 14.2. The zero-order chi connectivity index (χ0) is 14.8. The summed E-state index contributed by atoms with van der Waals surface area (Å²) in [5.74, 6) is 0.651. The topological polar surface area (TPSA) is 107 Å². The fourth-order valence-electron chi connectivity index (χ4n) is 1.69. The summed E-state index contributed by atoms with van der Waals surface area (Å²) in [6, 6.07) is 6.27. The number of nitrogens with zero attached hydrogens (tertiary/aromatic N) is 1. The summed E-state index contributed by atoms with van der Waals surface area (Å²) in [5.41, 5.74) is 6.69. The molecule has 3 N–H and O–H groups in total. The Morgan fingerprint density at radius 3 is 2.75 bits per heavy atom. The molecule has 0 unspecified atom stereocenters. The molecule has 1 aromatic heterocycles. The van der Waals surface area contributed by atoms with E-state index in [1.807, 2.05) is 0 Å². The third kappa shape index (κ3) is 3.41. The lowest BCUT2D eigenvalue weighted by atomic mass is 10.2. The molecule has 2 aromatic rings. The van der Waals surface area contributed by atoms with E-state index in [-0.39, 0.29) is 11.4 Å². The van der Waals surface area contributed by atoms with Crippen LogP contribution in [0.5, 0.6) is 5.75 Å². The molecule has 7 nitrogen and oxygen atoms in total. The fraction of sp³-hybridized carbons (Fsp3) is 0.250. The van der Waals surface area contributed by atoms with Crippen molar-refractivity contribution in [1.29, 1.82) is 0 Å². The van der Waals surface area contributed by atoms with Crippen molar-refractivity contribution in [2.24, 2.45) is 0 Å². The maximum atomic E-state index is 12.1. The number of rotatable bonds is 5. The van der Waals surface area contributed by atoms with Gasteiger partial charge in [-0.3, -0.25) is 4.72 Å². The Labute approximate surface area is 116 Å². The van der Waals surface area contributed by atoms with Crippen molar-refractivity contribution in [1.82, 2.24) is 5.16 Å². The Morgan fingerprint density at radius 2 is 2.15 bits per heavy atom. The second kappa shape index (κ2) is 5.41. The van der Waals surface area contributed by atoms with Crippen LogP contribution in [0.1, 0.15) is 11.5 Å². The zero-order valence-corrected chi connectivity index (χ0v) is 11.9. The van der Waals surface area contributed by atoms with Crippen LogP contribution in [0, 0.1) is 6.92 Å². The van der Waals surface area contributed by atoms with E-state index < -0.39 is 10.0 Å². The van der Waals surface area contributed by atoms with Gasteiger partial charge in [0.25, 0.3) is 0 Å². The Balaban J connectivity index is 2.22. The first-order valence-electron chi connectivity index (χ1n) is 5.76. The molecule has 0 aliphatic rings. The van der Waals surface area contributed by atoms with E-state index in [4.69, 9.17) is 15.0 Å². The summed E-state index contributed by atoms with van der Waals surface area (Å²) >= 11 is 0. The monoisotopic (exact) mass is 297 g/mol. The van der Waals surface area contributed by atoms with Crippen LogP contribution >= 0.6 is 0 Å². The molecule has 0 radical (unpaired) electrons. The van der Waals surface area contributed by atoms with Crippen LogP contribution in [0.3, 0.4) is 0 Å². The summed E-state index contributed by atoms with van der Waals surface area (Å²) in [6.07, 6.45) is 0. The molecule has 0 aliphatic carbocycles. The van der Waals surface area contributed by atoms with Crippen molar-refractivity contribution in [3.63, 3.8) is 0 Å². The minimum absolute atomic E-state index is 0.285. The number of ether oxygens (including phenoxy) is 1. The molecule has 0 amide bonds. The molecule has 0 aliphatic heterocycles. The molecule has 1 heterocycles. The number of benzene rings is 1. The van der Waals surface area contributed by atoms with Crippen molar-refractivity contribution >= 4 is 21.4 Å². The summed E-state index contributed by atoms with van der Waals surface area (Å²) < 4.78 is 36.5. The van der Waals surface area contributed by atoms with E-state index in [9.17, 15) is 8.42 Å². The summed E-state index contributed by atoms with van der Waals surface area (Å²) in [6.45, 7) is 1.69. The number of nitrogens with one attached hydrogen (secondary N) is 1. The number of sulfonamides is 1.